The topological polar surface area (TPSA) is 221 Å². The first kappa shape index (κ1) is 42.9. The van der Waals surface area contributed by atoms with Crippen LogP contribution in [0.2, 0.25) is 0 Å². The van der Waals surface area contributed by atoms with Crippen molar-refractivity contribution in [3.63, 3.8) is 0 Å². The number of nitrogens with one attached hydrogen (secondary N) is 1. The molecule has 3 saturated carbocycles. The van der Waals surface area contributed by atoms with Gasteiger partial charge >= 0.3 is 23.9 Å². The molecule has 62 heavy (non-hydrogen) atoms. The first-order chi connectivity index (χ1) is 29.3. The van der Waals surface area contributed by atoms with Gasteiger partial charge in [-0.05, 0) is 54.8 Å². The number of fused-ring (bicyclic) bond motifs is 4. The van der Waals surface area contributed by atoms with Crippen molar-refractivity contribution in [3.05, 3.63) is 119 Å². The van der Waals surface area contributed by atoms with Crippen molar-refractivity contribution in [2.45, 2.75) is 107 Å². The van der Waals surface area contributed by atoms with Gasteiger partial charge in [0.25, 0.3) is 5.91 Å². The molecule has 1 aliphatic heterocycles. The van der Waals surface area contributed by atoms with Crippen molar-refractivity contribution in [1.82, 2.24) is 5.32 Å². The van der Waals surface area contributed by atoms with E-state index in [2.05, 4.69) is 5.32 Å². The van der Waals surface area contributed by atoms with Crippen LogP contribution in [0.25, 0.3) is 0 Å². The molecule has 12 atom stereocenters. The minimum absolute atomic E-state index is 0.0619. The lowest BCUT2D eigenvalue weighted by molar-refractivity contribution is -0.343. The second kappa shape index (κ2) is 15.3. The zero-order chi connectivity index (χ0) is 44.6. The van der Waals surface area contributed by atoms with E-state index in [0.717, 1.165) is 13.8 Å². The van der Waals surface area contributed by atoms with E-state index in [9.17, 15) is 39.3 Å². The molecule has 1 amide bonds. The Morgan fingerprint density at radius 3 is 1.98 bits per heavy atom. The Hall–Kier alpha value is -5.74. The van der Waals surface area contributed by atoms with Gasteiger partial charge in [-0.15, -0.1) is 0 Å². The molecule has 326 valence electrons. The zero-order valence-electron chi connectivity index (χ0n) is 34.9. The van der Waals surface area contributed by atoms with Crippen molar-refractivity contribution in [3.8, 4) is 0 Å². The number of esters is 4. The lowest BCUT2D eigenvalue weighted by Gasteiger charge is -2.66. The highest BCUT2D eigenvalue weighted by Gasteiger charge is 2.83. The second-order valence-electron chi connectivity index (χ2n) is 17.6. The maximum absolute atomic E-state index is 15.5. The summed E-state index contributed by atoms with van der Waals surface area (Å²) < 4.78 is 30.6. The molecule has 1 heterocycles. The number of aliphatic hydroxyl groups is 3. The quantitative estimate of drug-likeness (QED) is 0.130. The lowest BCUT2D eigenvalue weighted by Crippen LogP contribution is -2.81. The number of Topliss-reactive ketones (excluding diaryl/α,β-unsaturated/α-hetero) is 1. The van der Waals surface area contributed by atoms with Crippen LogP contribution in [0.1, 0.15) is 86.2 Å². The average molecular weight is 852 g/mol. The lowest BCUT2D eigenvalue weighted by atomic mass is 9.46. The van der Waals surface area contributed by atoms with Crippen LogP contribution in [0, 0.1) is 16.7 Å². The van der Waals surface area contributed by atoms with Gasteiger partial charge in [-0.25, -0.2) is 9.59 Å². The maximum Gasteiger partial charge on any atom is 0.338 e. The van der Waals surface area contributed by atoms with Crippen LogP contribution in [-0.4, -0.2) is 105 Å². The van der Waals surface area contributed by atoms with Gasteiger partial charge in [-0.1, -0.05) is 73.7 Å². The maximum atomic E-state index is 15.5. The summed E-state index contributed by atoms with van der Waals surface area (Å²) in [6.45, 7) is 6.52. The normalized spacial score (nSPS) is 35.1. The third-order valence-electron chi connectivity index (χ3n) is 14.2. The fourth-order valence-electron chi connectivity index (χ4n) is 11.2. The third kappa shape index (κ3) is 6.39. The summed E-state index contributed by atoms with van der Waals surface area (Å²) in [6.07, 6.45) is -9.10. The minimum atomic E-state index is -2.33. The molecule has 8 rings (SSSR count). The predicted molar refractivity (Wildman–Crippen MR) is 216 cm³/mol. The van der Waals surface area contributed by atoms with E-state index in [1.54, 1.807) is 92.7 Å². The number of aliphatic hydroxyl groups excluding tert-OH is 2. The number of ether oxygens (including phenoxy) is 5. The van der Waals surface area contributed by atoms with Gasteiger partial charge in [-0.3, -0.25) is 19.2 Å². The number of ketones is 1. The van der Waals surface area contributed by atoms with E-state index in [4.69, 9.17) is 23.7 Å². The smallest absolute Gasteiger partial charge is 0.338 e. The van der Waals surface area contributed by atoms with Crippen molar-refractivity contribution in [1.29, 1.82) is 0 Å². The molecule has 15 heteroatoms. The van der Waals surface area contributed by atoms with Gasteiger partial charge in [0, 0.05) is 44.1 Å². The minimum Gasteiger partial charge on any atom is -0.455 e. The van der Waals surface area contributed by atoms with Crippen LogP contribution in [0.15, 0.2) is 102 Å². The Bertz CT molecular complexity index is 2350. The van der Waals surface area contributed by atoms with Gasteiger partial charge in [0.15, 0.2) is 23.6 Å². The molecule has 4 aliphatic carbocycles. The van der Waals surface area contributed by atoms with E-state index in [1.807, 2.05) is 0 Å². The molecule has 5 aliphatic rings. The van der Waals surface area contributed by atoms with Gasteiger partial charge in [-0.2, -0.15) is 0 Å². The molecule has 1 saturated heterocycles. The van der Waals surface area contributed by atoms with Gasteiger partial charge in [0.2, 0.25) is 0 Å². The Morgan fingerprint density at radius 1 is 0.823 bits per heavy atom. The summed E-state index contributed by atoms with van der Waals surface area (Å²) in [5, 5.41) is 40.4. The Morgan fingerprint density at radius 2 is 1.42 bits per heavy atom. The van der Waals surface area contributed by atoms with Crippen LogP contribution >= 0.6 is 0 Å². The molecule has 4 fully saturated rings. The molecule has 2 bridgehead atoms. The number of amides is 1. The number of benzene rings is 3. The molecule has 15 nitrogen and oxygen atoms in total. The van der Waals surface area contributed by atoms with Crippen LogP contribution in [0.5, 0.6) is 0 Å². The molecule has 1 unspecified atom stereocenters. The Kier molecular flexibility index (Phi) is 10.6. The van der Waals surface area contributed by atoms with Gasteiger partial charge < -0.3 is 44.3 Å². The number of hydrogen-bond donors (Lipinski definition) is 4. The number of rotatable bonds is 10. The van der Waals surface area contributed by atoms with Crippen molar-refractivity contribution in [2.75, 3.05) is 6.61 Å². The summed E-state index contributed by atoms with van der Waals surface area (Å²) in [5.74, 6) is -6.72. The highest BCUT2D eigenvalue weighted by Crippen LogP contribution is 2.72. The highest BCUT2D eigenvalue weighted by atomic mass is 16.6. The summed E-state index contributed by atoms with van der Waals surface area (Å²) in [5.41, 5.74) is -8.63. The summed E-state index contributed by atoms with van der Waals surface area (Å²) in [7, 11) is 0. The van der Waals surface area contributed by atoms with E-state index < -0.39 is 112 Å². The molecule has 0 aromatic heterocycles. The fourth-order valence-corrected chi connectivity index (χ4v) is 11.2. The molecule has 3 aromatic carbocycles. The van der Waals surface area contributed by atoms with E-state index in [1.165, 1.54) is 19.1 Å². The SMILES string of the molecule is CC(=O)O[C@H]1C(=O)[C@@]2(C)[C@H]([C@H](OC(=O)c3ccccc3)[C@]3(O)C[C@]4(OC(=O)[C@H](O)C(NC(=O)c5ccccc5)c5ccccc5)C[C@]3(C)C1=C4C)[C@]1(OC(C)=O)CO[C@@H]1C[C@@H]2O. The predicted octanol–water partition coefficient (Wildman–Crippen LogP) is 3.49. The van der Waals surface area contributed by atoms with E-state index in [-0.39, 0.29) is 41.7 Å². The summed E-state index contributed by atoms with van der Waals surface area (Å²) in [6, 6.07) is 23.1. The van der Waals surface area contributed by atoms with E-state index in [0.29, 0.717) is 5.56 Å². The van der Waals surface area contributed by atoms with Crippen LogP contribution in [0.4, 0.5) is 0 Å². The molecule has 0 spiro atoms. The van der Waals surface area contributed by atoms with Crippen LogP contribution in [0.3, 0.4) is 0 Å². The van der Waals surface area contributed by atoms with Gasteiger partial charge in [0.1, 0.15) is 23.4 Å². The Balaban J connectivity index is 1.28. The first-order valence-electron chi connectivity index (χ1n) is 20.6. The molecular formula is C47H49NO14. The molecule has 3 aromatic rings. The molecule has 0 radical (unpaired) electrons. The van der Waals surface area contributed by atoms with Crippen molar-refractivity contribution < 1.29 is 67.8 Å². The average Bonchev–Trinajstić information content (AvgIpc) is 3.61. The highest BCUT2D eigenvalue weighted by molar-refractivity contribution is 5.97. The van der Waals surface area contributed by atoms with Crippen LogP contribution in [-0.2, 0) is 42.9 Å². The monoisotopic (exact) mass is 851 g/mol. The van der Waals surface area contributed by atoms with E-state index >= 15 is 4.79 Å². The van der Waals surface area contributed by atoms with Gasteiger partial charge in [0.05, 0.1) is 35.6 Å². The second-order valence-corrected chi connectivity index (χ2v) is 17.6. The number of carbonyl (C=O) groups excluding carboxylic acids is 6. The molecule has 4 N–H and O–H groups in total. The van der Waals surface area contributed by atoms with Crippen molar-refractivity contribution in [2.24, 2.45) is 16.7 Å². The third-order valence-corrected chi connectivity index (χ3v) is 14.2. The number of hydrogen-bond acceptors (Lipinski definition) is 14. The Labute approximate surface area is 357 Å². The standard InChI is InChI=1S/C47H49NO14/c1-25-33-36(59-26(2)49)38(53)44(5)31(51)21-32-46(24-58-32,61-27(3)50)37(44)39(60-41(55)30-19-13-8-14-20-30)47(57)23-45(25,22-43(33,47)4)62-42(56)35(52)34(28-15-9-6-10-16-28)48-40(54)29-17-11-7-12-18-29/h6-20,31-32,34-37,39,51-52,57H,21-24H2,1-5H3,(H,48,54)/t31-,32+,34?,35+,36+,37-,39-,43+,44+,45+,46-,47+/m0/s1. The summed E-state index contributed by atoms with van der Waals surface area (Å²) >= 11 is 0. The number of carbonyl (C=O) groups is 6. The zero-order valence-corrected chi connectivity index (χ0v) is 34.9. The van der Waals surface area contributed by atoms with Crippen LogP contribution < -0.4 is 5.32 Å². The summed E-state index contributed by atoms with van der Waals surface area (Å²) in [4.78, 5) is 83.8. The van der Waals surface area contributed by atoms with Crippen molar-refractivity contribution >= 4 is 35.6 Å². The largest absolute Gasteiger partial charge is 0.455 e. The first-order valence-corrected chi connectivity index (χ1v) is 20.6. The fraction of sp³-hybridized carbons (Fsp3) is 0.447. The molecular weight excluding hydrogens is 803 g/mol.